The third-order valence-corrected chi connectivity index (χ3v) is 5.31. The molecule has 1 aliphatic heterocycles. The quantitative estimate of drug-likeness (QED) is 0.810. The van der Waals surface area contributed by atoms with Crippen molar-refractivity contribution >= 4 is 17.5 Å². The monoisotopic (exact) mass is 357 g/mol. The van der Waals surface area contributed by atoms with Gasteiger partial charge in [0.05, 0.1) is 12.5 Å². The van der Waals surface area contributed by atoms with E-state index >= 15 is 0 Å². The van der Waals surface area contributed by atoms with Gasteiger partial charge in [0.15, 0.2) is 0 Å². The average molecular weight is 358 g/mol. The Labute approximate surface area is 154 Å². The maximum atomic E-state index is 12.6. The first kappa shape index (κ1) is 17.8. The van der Waals surface area contributed by atoms with E-state index in [1.165, 1.54) is 0 Å². The second-order valence-electron chi connectivity index (χ2n) is 6.66. The van der Waals surface area contributed by atoms with Crippen molar-refractivity contribution in [2.24, 2.45) is 0 Å². The van der Waals surface area contributed by atoms with Gasteiger partial charge in [-0.25, -0.2) is 0 Å². The molecule has 1 N–H and O–H groups in total. The molecule has 3 rings (SSSR count). The van der Waals surface area contributed by atoms with Crippen LogP contribution in [0.1, 0.15) is 50.3 Å². The molecule has 0 radical (unpaired) electrons. The lowest BCUT2D eigenvalue weighted by Crippen LogP contribution is -2.44. The molecule has 1 aliphatic rings. The molecular weight excluding hydrogens is 334 g/mol. The minimum Gasteiger partial charge on any atom is -0.487 e. The summed E-state index contributed by atoms with van der Waals surface area (Å²) in [5.41, 5.74) is 1.75. The molecule has 0 saturated carbocycles. The van der Waals surface area contributed by atoms with E-state index in [-0.39, 0.29) is 17.6 Å². The number of hydrogen-bond donors (Lipinski definition) is 1. The number of fused-ring (bicyclic) bond motifs is 1. The van der Waals surface area contributed by atoms with E-state index in [4.69, 9.17) is 16.3 Å². The molecule has 0 saturated heterocycles. The standard InChI is InChI=1S/C21H24ClNO2/c1-3-21(4-2)14-18(17-10-5-6-11-19(17)25-21)23-20(24)13-15-8-7-9-16(22)12-15/h5-12,18H,3-4,13-14H2,1-2H3,(H,23,24)/t18-/m0/s1. The van der Waals surface area contributed by atoms with E-state index in [1.807, 2.05) is 48.5 Å². The van der Waals surface area contributed by atoms with Crippen LogP contribution in [0.15, 0.2) is 48.5 Å². The summed E-state index contributed by atoms with van der Waals surface area (Å²) < 4.78 is 6.29. The van der Waals surface area contributed by atoms with Crippen molar-refractivity contribution in [2.75, 3.05) is 0 Å². The zero-order valence-corrected chi connectivity index (χ0v) is 15.5. The zero-order valence-electron chi connectivity index (χ0n) is 14.7. The summed E-state index contributed by atoms with van der Waals surface area (Å²) in [5.74, 6) is 0.885. The molecule has 2 aromatic rings. The maximum Gasteiger partial charge on any atom is 0.224 e. The molecule has 4 heteroatoms. The van der Waals surface area contributed by atoms with Crippen molar-refractivity contribution in [3.05, 3.63) is 64.7 Å². The molecule has 0 bridgehead atoms. The Balaban J connectivity index is 1.79. The van der Waals surface area contributed by atoms with Gasteiger partial charge in [0, 0.05) is 17.0 Å². The van der Waals surface area contributed by atoms with E-state index in [1.54, 1.807) is 0 Å². The number of carbonyl (C=O) groups excluding carboxylic acids is 1. The summed E-state index contributed by atoms with van der Waals surface area (Å²) in [5, 5.41) is 3.86. The highest BCUT2D eigenvalue weighted by molar-refractivity contribution is 6.30. The fourth-order valence-electron chi connectivity index (χ4n) is 3.51. The van der Waals surface area contributed by atoms with Crippen LogP contribution in [0.2, 0.25) is 5.02 Å². The van der Waals surface area contributed by atoms with Gasteiger partial charge in [-0.3, -0.25) is 4.79 Å². The number of nitrogens with one attached hydrogen (secondary N) is 1. The van der Waals surface area contributed by atoms with E-state index in [0.717, 1.165) is 36.1 Å². The number of benzene rings is 2. The molecule has 25 heavy (non-hydrogen) atoms. The highest BCUT2D eigenvalue weighted by atomic mass is 35.5. The number of carbonyl (C=O) groups is 1. The SMILES string of the molecule is CCC1(CC)C[C@H](NC(=O)Cc2cccc(Cl)c2)c2ccccc2O1. The molecule has 0 spiro atoms. The number of halogens is 1. The number of ether oxygens (including phenoxy) is 1. The lowest BCUT2D eigenvalue weighted by atomic mass is 9.83. The van der Waals surface area contributed by atoms with Gasteiger partial charge in [0.2, 0.25) is 5.91 Å². The van der Waals surface area contributed by atoms with E-state index < -0.39 is 0 Å². The molecule has 0 fully saturated rings. The fraction of sp³-hybridized carbons (Fsp3) is 0.381. The molecule has 0 aromatic heterocycles. The Morgan fingerprint density at radius 3 is 2.68 bits per heavy atom. The van der Waals surface area contributed by atoms with Crippen LogP contribution in [0.4, 0.5) is 0 Å². The van der Waals surface area contributed by atoms with Gasteiger partial charge < -0.3 is 10.1 Å². The van der Waals surface area contributed by atoms with Crippen molar-refractivity contribution < 1.29 is 9.53 Å². The Bertz CT molecular complexity index is 755. The molecule has 0 aliphatic carbocycles. The first-order chi connectivity index (χ1) is 12.0. The zero-order chi connectivity index (χ0) is 17.9. The summed E-state index contributed by atoms with van der Waals surface area (Å²) in [7, 11) is 0. The van der Waals surface area contributed by atoms with Crippen LogP contribution < -0.4 is 10.1 Å². The maximum absolute atomic E-state index is 12.6. The lowest BCUT2D eigenvalue weighted by Gasteiger charge is -2.41. The number of hydrogen-bond acceptors (Lipinski definition) is 2. The predicted molar refractivity (Wildman–Crippen MR) is 101 cm³/mol. The topological polar surface area (TPSA) is 38.3 Å². The van der Waals surface area contributed by atoms with Gasteiger partial charge >= 0.3 is 0 Å². The first-order valence-corrected chi connectivity index (χ1v) is 9.25. The van der Waals surface area contributed by atoms with Crippen LogP contribution in [0.25, 0.3) is 0 Å². The van der Waals surface area contributed by atoms with Crippen LogP contribution in [0.5, 0.6) is 5.75 Å². The summed E-state index contributed by atoms with van der Waals surface area (Å²) in [6, 6.07) is 15.4. The summed E-state index contributed by atoms with van der Waals surface area (Å²) >= 11 is 6.01. The normalized spacial score (nSPS) is 18.1. The summed E-state index contributed by atoms with van der Waals surface area (Å²) in [4.78, 5) is 12.6. The molecule has 0 unspecified atom stereocenters. The van der Waals surface area contributed by atoms with Gasteiger partial charge in [0.25, 0.3) is 0 Å². The number of amides is 1. The van der Waals surface area contributed by atoms with Gasteiger partial charge in [-0.15, -0.1) is 0 Å². The highest BCUT2D eigenvalue weighted by Crippen LogP contribution is 2.42. The van der Waals surface area contributed by atoms with E-state index in [9.17, 15) is 4.79 Å². The van der Waals surface area contributed by atoms with Gasteiger partial charge in [0.1, 0.15) is 11.4 Å². The van der Waals surface area contributed by atoms with Gasteiger partial charge in [-0.1, -0.05) is 55.8 Å². The predicted octanol–water partition coefficient (Wildman–Crippen LogP) is 5.08. The largest absolute Gasteiger partial charge is 0.487 e. The third kappa shape index (κ3) is 3.98. The van der Waals surface area contributed by atoms with Crippen LogP contribution >= 0.6 is 11.6 Å². The molecule has 1 heterocycles. The molecule has 1 amide bonds. The molecule has 132 valence electrons. The average Bonchev–Trinajstić information content (AvgIpc) is 2.61. The van der Waals surface area contributed by atoms with Crippen LogP contribution in [0.3, 0.4) is 0 Å². The van der Waals surface area contributed by atoms with Crippen molar-refractivity contribution in [1.82, 2.24) is 5.32 Å². The molecule has 2 aromatic carbocycles. The highest BCUT2D eigenvalue weighted by Gasteiger charge is 2.38. The second kappa shape index (κ2) is 7.49. The minimum absolute atomic E-state index is 0.00470. The van der Waals surface area contributed by atoms with Crippen molar-refractivity contribution in [2.45, 2.75) is 51.2 Å². The third-order valence-electron chi connectivity index (χ3n) is 5.07. The fourth-order valence-corrected chi connectivity index (χ4v) is 3.72. The van der Waals surface area contributed by atoms with Gasteiger partial charge in [-0.05, 0) is 36.6 Å². The van der Waals surface area contributed by atoms with E-state index in [2.05, 4.69) is 19.2 Å². The molecule has 3 nitrogen and oxygen atoms in total. The minimum atomic E-state index is -0.220. The van der Waals surface area contributed by atoms with Crippen LogP contribution in [0, 0.1) is 0 Å². The van der Waals surface area contributed by atoms with Crippen LogP contribution in [-0.4, -0.2) is 11.5 Å². The Hall–Kier alpha value is -2.00. The molecule has 1 atom stereocenters. The van der Waals surface area contributed by atoms with Crippen LogP contribution in [-0.2, 0) is 11.2 Å². The Morgan fingerprint density at radius 1 is 1.20 bits per heavy atom. The first-order valence-electron chi connectivity index (χ1n) is 8.87. The number of rotatable bonds is 5. The summed E-state index contributed by atoms with van der Waals surface area (Å²) in [6.45, 7) is 4.28. The Kier molecular flexibility index (Phi) is 5.33. The van der Waals surface area contributed by atoms with Crippen molar-refractivity contribution in [3.63, 3.8) is 0 Å². The second-order valence-corrected chi connectivity index (χ2v) is 7.10. The smallest absolute Gasteiger partial charge is 0.224 e. The number of para-hydroxylation sites is 1. The van der Waals surface area contributed by atoms with Gasteiger partial charge in [-0.2, -0.15) is 0 Å². The Morgan fingerprint density at radius 2 is 1.96 bits per heavy atom. The van der Waals surface area contributed by atoms with Crippen molar-refractivity contribution in [3.8, 4) is 5.75 Å². The van der Waals surface area contributed by atoms with E-state index in [0.29, 0.717) is 11.4 Å². The lowest BCUT2D eigenvalue weighted by molar-refractivity contribution is -0.121. The molecular formula is C21H24ClNO2. The summed E-state index contributed by atoms with van der Waals surface area (Å²) in [6.07, 6.45) is 2.95. The van der Waals surface area contributed by atoms with Crippen molar-refractivity contribution in [1.29, 1.82) is 0 Å².